The van der Waals surface area contributed by atoms with E-state index in [0.717, 1.165) is 139 Å². The zero-order valence-electron chi connectivity index (χ0n) is 37.1. The number of ether oxygens (including phenoxy) is 1. The fraction of sp³-hybridized carbons (Fsp3) is 0.400. The molecule has 3 fully saturated rings. The molecule has 0 unspecified atom stereocenters. The number of amides is 4. The van der Waals surface area contributed by atoms with Crippen LogP contribution in [0.5, 0.6) is 0 Å². The first-order valence-corrected chi connectivity index (χ1v) is 23.7. The summed E-state index contributed by atoms with van der Waals surface area (Å²) in [5.74, 6) is -1.15. The SMILES string of the molecule is C=C(C(=O)OC(C)(C)C)C1CCC(Nc2ccc(-c3cc4c5c(ccc6c7ccc8c9c(ccc(c3c56)c97)C(=O)N(C3CCCCC3)C8=O)C(=O)N(C3CCCCC3)C4=O)cc2)CC1. The predicted molar refractivity (Wildman–Crippen MR) is 252 cm³/mol. The average molecular weight is 854 g/mol. The van der Waals surface area contributed by atoms with Gasteiger partial charge in [0.1, 0.15) is 5.60 Å². The van der Waals surface area contributed by atoms with Crippen LogP contribution in [0.1, 0.15) is 152 Å². The van der Waals surface area contributed by atoms with Crippen LogP contribution in [0.25, 0.3) is 54.2 Å². The fourth-order valence-corrected chi connectivity index (χ4v) is 12.1. The summed E-state index contributed by atoms with van der Waals surface area (Å²) >= 11 is 0. The monoisotopic (exact) mass is 853 g/mol. The van der Waals surface area contributed by atoms with E-state index in [4.69, 9.17) is 4.74 Å². The number of carbonyl (C=O) groups excluding carboxylic acids is 5. The highest BCUT2D eigenvalue weighted by molar-refractivity contribution is 6.43. The molecule has 1 N–H and O–H groups in total. The molecule has 5 aliphatic rings. The van der Waals surface area contributed by atoms with Crippen molar-refractivity contribution in [1.29, 1.82) is 0 Å². The van der Waals surface area contributed by atoms with Gasteiger partial charge in [0.15, 0.2) is 0 Å². The first-order chi connectivity index (χ1) is 30.9. The van der Waals surface area contributed by atoms with Crippen molar-refractivity contribution in [1.82, 2.24) is 9.80 Å². The fourth-order valence-electron chi connectivity index (χ4n) is 12.1. The molecular weight excluding hydrogens is 799 g/mol. The van der Waals surface area contributed by atoms with E-state index in [9.17, 15) is 24.0 Å². The minimum Gasteiger partial charge on any atom is -0.457 e. The number of benzene rings is 6. The second-order valence-electron chi connectivity index (χ2n) is 20.2. The largest absolute Gasteiger partial charge is 0.457 e. The molecular formula is C55H55N3O6. The maximum absolute atomic E-state index is 14.9. The molecule has 64 heavy (non-hydrogen) atoms. The number of anilines is 1. The Balaban J connectivity index is 1.02. The molecule has 0 bridgehead atoms. The van der Waals surface area contributed by atoms with Crippen LogP contribution in [0, 0.1) is 5.92 Å². The number of imide groups is 2. The van der Waals surface area contributed by atoms with Crippen LogP contribution in [0.3, 0.4) is 0 Å². The van der Waals surface area contributed by atoms with E-state index in [0.29, 0.717) is 38.6 Å². The second kappa shape index (κ2) is 15.3. The van der Waals surface area contributed by atoms with Crippen molar-refractivity contribution in [2.24, 2.45) is 5.92 Å². The van der Waals surface area contributed by atoms with Gasteiger partial charge in [0.25, 0.3) is 23.6 Å². The summed E-state index contributed by atoms with van der Waals surface area (Å²) in [6.45, 7) is 9.73. The summed E-state index contributed by atoms with van der Waals surface area (Å²) < 4.78 is 5.61. The van der Waals surface area contributed by atoms with Crippen LogP contribution in [-0.4, -0.2) is 63.1 Å². The van der Waals surface area contributed by atoms with E-state index < -0.39 is 5.60 Å². The van der Waals surface area contributed by atoms with Gasteiger partial charge in [-0.25, -0.2) is 4.79 Å². The van der Waals surface area contributed by atoms with E-state index in [1.54, 1.807) is 4.90 Å². The van der Waals surface area contributed by atoms with Crippen molar-refractivity contribution in [3.05, 3.63) is 101 Å². The number of nitrogens with one attached hydrogen (secondary N) is 1. The van der Waals surface area contributed by atoms with Gasteiger partial charge in [0.05, 0.1) is 0 Å². The zero-order chi connectivity index (χ0) is 44.2. The smallest absolute Gasteiger partial charge is 0.334 e. The molecule has 326 valence electrons. The molecule has 0 spiro atoms. The van der Waals surface area contributed by atoms with Gasteiger partial charge < -0.3 is 10.1 Å². The highest BCUT2D eigenvalue weighted by atomic mass is 16.6. The molecule has 6 aromatic rings. The summed E-state index contributed by atoms with van der Waals surface area (Å²) in [4.78, 5) is 74.1. The van der Waals surface area contributed by atoms with Crippen LogP contribution >= 0.6 is 0 Å². The van der Waals surface area contributed by atoms with Crippen molar-refractivity contribution >= 4 is 78.4 Å². The van der Waals surface area contributed by atoms with Crippen LogP contribution in [-0.2, 0) is 9.53 Å². The Kier molecular flexibility index (Phi) is 9.71. The van der Waals surface area contributed by atoms with E-state index in [2.05, 4.69) is 36.2 Å². The third kappa shape index (κ3) is 6.43. The Bertz CT molecular complexity index is 2950. The van der Waals surface area contributed by atoms with Crippen LogP contribution in [0.4, 0.5) is 5.69 Å². The number of hydrogen-bond donors (Lipinski definition) is 1. The van der Waals surface area contributed by atoms with Crippen molar-refractivity contribution in [3.63, 3.8) is 0 Å². The molecule has 2 aliphatic heterocycles. The third-order valence-corrected chi connectivity index (χ3v) is 15.1. The summed E-state index contributed by atoms with van der Waals surface area (Å²) in [7, 11) is 0. The highest BCUT2D eigenvalue weighted by Gasteiger charge is 2.42. The van der Waals surface area contributed by atoms with Crippen LogP contribution in [0.2, 0.25) is 0 Å². The maximum atomic E-state index is 14.9. The topological polar surface area (TPSA) is 113 Å². The van der Waals surface area contributed by atoms with Crippen molar-refractivity contribution in [2.75, 3.05) is 5.32 Å². The van der Waals surface area contributed by atoms with Crippen molar-refractivity contribution in [3.8, 4) is 11.1 Å². The quantitative estimate of drug-likeness (QED) is 0.0559. The van der Waals surface area contributed by atoms with Crippen LogP contribution in [0.15, 0.2) is 78.9 Å². The Morgan fingerprint density at radius 3 is 1.56 bits per heavy atom. The number of fused-ring (bicyclic) bond motifs is 2. The lowest BCUT2D eigenvalue weighted by molar-refractivity contribution is -0.150. The number of rotatable bonds is 7. The Labute approximate surface area is 373 Å². The average Bonchev–Trinajstić information content (AvgIpc) is 3.30. The number of carbonyl (C=O) groups is 5. The predicted octanol–water partition coefficient (Wildman–Crippen LogP) is 12.1. The first kappa shape index (κ1) is 40.7. The van der Waals surface area contributed by atoms with E-state index in [-0.39, 0.29) is 53.6 Å². The highest BCUT2D eigenvalue weighted by Crippen LogP contribution is 2.50. The molecule has 0 saturated heterocycles. The van der Waals surface area contributed by atoms with Gasteiger partial charge in [-0.3, -0.25) is 29.0 Å². The Morgan fingerprint density at radius 1 is 0.547 bits per heavy atom. The second-order valence-corrected chi connectivity index (χ2v) is 20.2. The van der Waals surface area contributed by atoms with Crippen molar-refractivity contribution in [2.45, 2.75) is 134 Å². The van der Waals surface area contributed by atoms with Crippen LogP contribution < -0.4 is 5.32 Å². The molecule has 3 saturated carbocycles. The molecule has 9 heteroatoms. The van der Waals surface area contributed by atoms with E-state index >= 15 is 0 Å². The van der Waals surface area contributed by atoms with Gasteiger partial charge in [-0.05, 0) is 158 Å². The van der Waals surface area contributed by atoms with Gasteiger partial charge in [-0.2, -0.15) is 0 Å². The Hall–Kier alpha value is -6.09. The molecule has 3 aliphatic carbocycles. The molecule has 2 heterocycles. The number of hydrogen-bond acceptors (Lipinski definition) is 7. The van der Waals surface area contributed by atoms with Gasteiger partial charge in [-0.1, -0.05) is 75.4 Å². The molecule has 4 amide bonds. The van der Waals surface area contributed by atoms with Gasteiger partial charge in [0.2, 0.25) is 0 Å². The maximum Gasteiger partial charge on any atom is 0.334 e. The van der Waals surface area contributed by atoms with Gasteiger partial charge in [-0.15, -0.1) is 0 Å². The minimum absolute atomic E-state index is 0.0986. The summed E-state index contributed by atoms with van der Waals surface area (Å²) in [5.41, 5.74) is 4.92. The normalized spacial score (nSPS) is 21.2. The van der Waals surface area contributed by atoms with E-state index in [1.165, 1.54) is 4.90 Å². The molecule has 0 radical (unpaired) electrons. The van der Waals surface area contributed by atoms with E-state index in [1.807, 2.05) is 63.2 Å². The first-order valence-electron chi connectivity index (χ1n) is 23.7. The lowest BCUT2D eigenvalue weighted by atomic mass is 9.79. The standard InChI is InChI=1S/C55H55N3O6/c1-30(54(63)64-55(2,3)4)31-15-19-33(20-16-31)56-34-21-17-32(18-22-34)43-29-44-48-42(52(61)58(53(44)62)36-13-9-6-10-14-36)27-24-38-37-23-26-40-47-41(28-25-39(45(37)47)46(43)49(38)48)51(60)57(50(40)59)35-11-7-5-8-12-35/h17-18,21-29,31,33,35-36,56H,1,5-16,19-20H2,2-4H3. The number of esters is 1. The molecule has 11 rings (SSSR count). The minimum atomic E-state index is -0.559. The number of nitrogens with zero attached hydrogens (tertiary/aromatic N) is 2. The molecule has 0 atom stereocenters. The van der Waals surface area contributed by atoms with Gasteiger partial charge in [0, 0.05) is 62.4 Å². The lowest BCUT2D eigenvalue weighted by Crippen LogP contribution is -2.47. The summed E-state index contributed by atoms with van der Waals surface area (Å²) in [6.07, 6.45) is 13.0. The van der Waals surface area contributed by atoms with Gasteiger partial charge >= 0.3 is 5.97 Å². The summed E-state index contributed by atoms with van der Waals surface area (Å²) in [6, 6.07) is 22.1. The Morgan fingerprint density at radius 2 is 1.03 bits per heavy atom. The molecule has 9 nitrogen and oxygen atoms in total. The zero-order valence-corrected chi connectivity index (χ0v) is 37.1. The summed E-state index contributed by atoms with van der Waals surface area (Å²) in [5, 5.41) is 10.4. The lowest BCUT2D eigenvalue weighted by Gasteiger charge is -2.37. The van der Waals surface area contributed by atoms with Crippen molar-refractivity contribution < 1.29 is 28.7 Å². The molecule has 0 aromatic heterocycles. The molecule has 6 aromatic carbocycles. The third-order valence-electron chi connectivity index (χ3n) is 15.1.